The second kappa shape index (κ2) is 7.59. The molecule has 1 aromatic carbocycles. The number of ketones is 1. The van der Waals surface area contributed by atoms with Gasteiger partial charge in [0.05, 0.1) is 23.2 Å². The van der Waals surface area contributed by atoms with E-state index < -0.39 is 35.4 Å². The molecule has 0 saturated heterocycles. The van der Waals surface area contributed by atoms with Gasteiger partial charge in [-0.3, -0.25) is 19.7 Å². The van der Waals surface area contributed by atoms with Crippen LogP contribution in [0.1, 0.15) is 18.9 Å². The monoisotopic (exact) mass is 292 g/mol. The van der Waals surface area contributed by atoms with Gasteiger partial charge in [-0.15, -0.1) is 0 Å². The Balaban J connectivity index is 2.71. The van der Waals surface area contributed by atoms with Gasteiger partial charge in [0.15, 0.2) is 11.5 Å². The van der Waals surface area contributed by atoms with Crippen molar-refractivity contribution in [2.24, 2.45) is 0 Å². The van der Waals surface area contributed by atoms with Gasteiger partial charge in [0.1, 0.15) is 13.0 Å². The molecule has 8 nitrogen and oxygen atoms in total. The number of nitriles is 1. The van der Waals surface area contributed by atoms with Gasteiger partial charge in [0.2, 0.25) is 0 Å². The van der Waals surface area contributed by atoms with E-state index in [-0.39, 0.29) is 17.9 Å². The number of Topliss-reactive ketones (excluding diaryl/α,β-unsaturated/α-hetero) is 1. The average molecular weight is 292 g/mol. The maximum absolute atomic E-state index is 11.5. The van der Waals surface area contributed by atoms with Crippen LogP contribution in [0.4, 0.5) is 5.69 Å². The minimum Gasteiger partial charge on any atom is -0.479 e. The number of carbonyl (C=O) groups is 2. The molecule has 0 spiro atoms. The van der Waals surface area contributed by atoms with Crippen LogP contribution in [0, 0.1) is 21.4 Å². The molecular weight excluding hydrogens is 280 g/mol. The fourth-order valence-electron chi connectivity index (χ4n) is 1.43. The molecule has 110 valence electrons. The minimum absolute atomic E-state index is 0.104. The number of benzene rings is 1. The van der Waals surface area contributed by atoms with Gasteiger partial charge in [-0.2, -0.15) is 5.26 Å². The van der Waals surface area contributed by atoms with Crippen LogP contribution in [0.3, 0.4) is 0 Å². The molecule has 1 rings (SSSR count). The predicted molar refractivity (Wildman–Crippen MR) is 69.6 cm³/mol. The number of carbonyl (C=O) groups excluding carboxylic acids is 2. The van der Waals surface area contributed by atoms with E-state index in [0.29, 0.717) is 0 Å². The zero-order valence-electron chi connectivity index (χ0n) is 11.2. The van der Waals surface area contributed by atoms with Crippen molar-refractivity contribution in [1.82, 2.24) is 0 Å². The highest BCUT2D eigenvalue weighted by molar-refractivity contribution is 5.96. The lowest BCUT2D eigenvalue weighted by molar-refractivity contribution is -0.385. The van der Waals surface area contributed by atoms with Crippen LogP contribution in [0.5, 0.6) is 5.75 Å². The predicted octanol–water partition coefficient (Wildman–Crippen LogP) is 1.37. The largest absolute Gasteiger partial charge is 0.479 e. The van der Waals surface area contributed by atoms with Crippen molar-refractivity contribution in [2.45, 2.75) is 13.3 Å². The normalized spacial score (nSPS) is 9.52. The van der Waals surface area contributed by atoms with E-state index in [9.17, 15) is 19.7 Å². The van der Waals surface area contributed by atoms with Crippen LogP contribution in [0.25, 0.3) is 0 Å². The van der Waals surface area contributed by atoms with E-state index in [0.717, 1.165) is 6.07 Å². The minimum atomic E-state index is -0.716. The molecule has 0 bridgehead atoms. The molecule has 21 heavy (non-hydrogen) atoms. The van der Waals surface area contributed by atoms with Crippen LogP contribution >= 0.6 is 0 Å². The SMILES string of the molecule is CCOC(=O)CC(=O)COc1ccc(C#N)cc1[N+](=O)[O-]. The summed E-state index contributed by atoms with van der Waals surface area (Å²) in [6.07, 6.45) is -0.460. The molecule has 0 aliphatic rings. The summed E-state index contributed by atoms with van der Waals surface area (Å²) in [4.78, 5) is 32.7. The number of hydrogen-bond acceptors (Lipinski definition) is 7. The van der Waals surface area contributed by atoms with Gasteiger partial charge in [-0.25, -0.2) is 0 Å². The lowest BCUT2D eigenvalue weighted by Crippen LogP contribution is -2.17. The standard InChI is InChI=1S/C13H12N2O6/c1-2-20-13(17)6-10(16)8-21-12-4-3-9(7-14)5-11(12)15(18)19/h3-5H,2,6,8H2,1H3. The Morgan fingerprint density at radius 3 is 2.71 bits per heavy atom. The molecule has 0 unspecified atom stereocenters. The van der Waals surface area contributed by atoms with Crippen LogP contribution in [0.15, 0.2) is 18.2 Å². The molecule has 8 heteroatoms. The third-order valence-corrected chi connectivity index (χ3v) is 2.32. The summed E-state index contributed by atoms with van der Waals surface area (Å²) in [5.41, 5.74) is -0.315. The highest BCUT2D eigenvalue weighted by Crippen LogP contribution is 2.27. The van der Waals surface area contributed by atoms with E-state index in [1.807, 2.05) is 0 Å². The summed E-state index contributed by atoms with van der Waals surface area (Å²) in [7, 11) is 0. The lowest BCUT2D eigenvalue weighted by Gasteiger charge is -2.06. The van der Waals surface area contributed by atoms with Crippen LogP contribution in [-0.2, 0) is 14.3 Å². The Labute approximate surface area is 120 Å². The highest BCUT2D eigenvalue weighted by atomic mass is 16.6. The summed E-state index contributed by atoms with van der Waals surface area (Å²) in [6.45, 7) is 1.28. The number of nitro benzene ring substituents is 1. The topological polar surface area (TPSA) is 120 Å². The second-order valence-electron chi connectivity index (χ2n) is 3.86. The molecule has 0 atom stereocenters. The van der Waals surface area contributed by atoms with Gasteiger partial charge in [-0.05, 0) is 19.1 Å². The summed E-state index contributed by atoms with van der Waals surface area (Å²) >= 11 is 0. The van der Waals surface area contributed by atoms with Crippen molar-refractivity contribution >= 4 is 17.4 Å². The van der Waals surface area contributed by atoms with E-state index in [1.165, 1.54) is 12.1 Å². The van der Waals surface area contributed by atoms with Crippen LogP contribution in [0.2, 0.25) is 0 Å². The molecule has 0 saturated carbocycles. The molecule has 0 aromatic heterocycles. The zero-order chi connectivity index (χ0) is 15.8. The molecule has 0 N–H and O–H groups in total. The average Bonchev–Trinajstić information content (AvgIpc) is 2.45. The van der Waals surface area contributed by atoms with Gasteiger partial charge >= 0.3 is 11.7 Å². The van der Waals surface area contributed by atoms with Crippen molar-refractivity contribution in [2.75, 3.05) is 13.2 Å². The summed E-state index contributed by atoms with van der Waals surface area (Å²) in [6, 6.07) is 5.38. The number of esters is 1. The molecule has 0 heterocycles. The number of ether oxygens (including phenoxy) is 2. The second-order valence-corrected chi connectivity index (χ2v) is 3.86. The van der Waals surface area contributed by atoms with Crippen molar-refractivity contribution in [3.63, 3.8) is 0 Å². The maximum Gasteiger partial charge on any atom is 0.313 e. The van der Waals surface area contributed by atoms with Crippen molar-refractivity contribution in [1.29, 1.82) is 5.26 Å². The van der Waals surface area contributed by atoms with E-state index in [2.05, 4.69) is 4.74 Å². The molecule has 0 radical (unpaired) electrons. The first kappa shape index (κ1) is 16.1. The van der Waals surface area contributed by atoms with Crippen molar-refractivity contribution in [3.05, 3.63) is 33.9 Å². The molecule has 0 amide bonds. The Morgan fingerprint density at radius 1 is 1.43 bits per heavy atom. The summed E-state index contributed by atoms with van der Waals surface area (Å²) in [5, 5.41) is 19.5. The quantitative estimate of drug-likeness (QED) is 0.322. The number of nitrogens with zero attached hydrogens (tertiary/aromatic N) is 2. The Hall–Kier alpha value is -2.95. The Bertz CT molecular complexity index is 605. The molecule has 1 aromatic rings. The van der Waals surface area contributed by atoms with E-state index >= 15 is 0 Å². The van der Waals surface area contributed by atoms with Crippen molar-refractivity contribution in [3.8, 4) is 11.8 Å². The first-order valence-corrected chi connectivity index (χ1v) is 5.96. The molecule has 0 aliphatic carbocycles. The number of hydrogen-bond donors (Lipinski definition) is 0. The molecule has 0 aliphatic heterocycles. The maximum atomic E-state index is 11.5. The molecular formula is C13H12N2O6. The molecule has 0 fully saturated rings. The van der Waals surface area contributed by atoms with Crippen molar-refractivity contribution < 1.29 is 24.0 Å². The first-order chi connectivity index (χ1) is 9.97. The zero-order valence-corrected chi connectivity index (χ0v) is 11.2. The first-order valence-electron chi connectivity index (χ1n) is 5.96. The van der Waals surface area contributed by atoms with Gasteiger partial charge in [-0.1, -0.05) is 0 Å². The fourth-order valence-corrected chi connectivity index (χ4v) is 1.43. The number of nitro groups is 1. The Morgan fingerprint density at radius 2 is 2.14 bits per heavy atom. The third kappa shape index (κ3) is 4.91. The smallest absolute Gasteiger partial charge is 0.313 e. The van der Waals surface area contributed by atoms with E-state index in [4.69, 9.17) is 10.00 Å². The summed E-state index contributed by atoms with van der Waals surface area (Å²) < 4.78 is 9.63. The summed E-state index contributed by atoms with van der Waals surface area (Å²) in [5.74, 6) is -1.39. The van der Waals surface area contributed by atoms with Crippen LogP contribution < -0.4 is 4.74 Å². The van der Waals surface area contributed by atoms with E-state index in [1.54, 1.807) is 13.0 Å². The lowest BCUT2D eigenvalue weighted by atomic mass is 10.2. The highest BCUT2D eigenvalue weighted by Gasteiger charge is 2.18. The third-order valence-electron chi connectivity index (χ3n) is 2.32. The van der Waals surface area contributed by atoms with Gasteiger partial charge < -0.3 is 9.47 Å². The van der Waals surface area contributed by atoms with Gasteiger partial charge in [0.25, 0.3) is 0 Å². The fraction of sp³-hybridized carbons (Fsp3) is 0.308. The number of rotatable bonds is 7. The van der Waals surface area contributed by atoms with Gasteiger partial charge in [0, 0.05) is 6.07 Å². The van der Waals surface area contributed by atoms with Crippen LogP contribution in [-0.4, -0.2) is 29.9 Å². The Kier molecular flexibility index (Phi) is 5.82.